The maximum Gasteiger partial charge on any atom is 0.242 e. The second-order valence-electron chi connectivity index (χ2n) is 1.08. The summed E-state index contributed by atoms with van der Waals surface area (Å²) in [7, 11) is 0. The molecule has 0 aliphatic heterocycles. The van der Waals surface area contributed by atoms with Crippen molar-refractivity contribution in [2.45, 2.75) is 0 Å². The molecule has 0 amide bonds. The summed E-state index contributed by atoms with van der Waals surface area (Å²) in [5.74, 6) is 0.504. The average Bonchev–Trinajstić information content (AvgIpc) is 1.59. The molecular weight excluding hydrogens is 219 g/mol. The van der Waals surface area contributed by atoms with Gasteiger partial charge in [-0.2, -0.15) is 0 Å². The first-order valence-electron chi connectivity index (χ1n) is 1.87. The Bertz CT molecular complexity index is 123. The third-order valence-electron chi connectivity index (χ3n) is 0.361. The Balaban J connectivity index is 0. The van der Waals surface area contributed by atoms with Crippen molar-refractivity contribution in [3.05, 3.63) is 12.7 Å². The van der Waals surface area contributed by atoms with Gasteiger partial charge in [0.1, 0.15) is 0 Å². The molecule has 6 heteroatoms. The Hall–Kier alpha value is 1.18. The van der Waals surface area contributed by atoms with Crippen molar-refractivity contribution in [1.82, 2.24) is 0 Å². The van der Waals surface area contributed by atoms with E-state index in [1.54, 1.807) is 6.08 Å². The van der Waals surface area contributed by atoms with Crippen LogP contribution in [0.4, 0.5) is 0 Å². The molecule has 0 aromatic heterocycles. The fourth-order valence-electron chi connectivity index (χ4n) is 0.150. The molecule has 0 rings (SSSR count). The van der Waals surface area contributed by atoms with Crippen molar-refractivity contribution in [2.75, 3.05) is 5.75 Å². The van der Waals surface area contributed by atoms with Gasteiger partial charge in [-0.3, -0.25) is 0 Å². The van der Waals surface area contributed by atoms with Gasteiger partial charge in [0.05, 0.1) is 0 Å². The Kier molecular flexibility index (Phi) is 8.44. The van der Waals surface area contributed by atoms with Gasteiger partial charge in [-0.05, 0) is 11.8 Å². The zero-order chi connectivity index (χ0) is 6.62. The fraction of sp³-hybridized carbons (Fsp3) is 0.333. The van der Waals surface area contributed by atoms with Crippen LogP contribution in [0.1, 0.15) is 0 Å². The van der Waals surface area contributed by atoms with Gasteiger partial charge in [-0.15, -0.1) is 6.58 Å². The predicted octanol–water partition coefficient (Wildman–Crippen LogP) is 1.11. The molecule has 0 aromatic rings. The molecule has 56 valence electrons. The van der Waals surface area contributed by atoms with Crippen LogP contribution in [0, 0.1) is 0 Å². The van der Waals surface area contributed by atoms with Gasteiger partial charge in [-0.25, -0.2) is 0 Å². The zero-order valence-electron chi connectivity index (χ0n) is 4.50. The number of hydrogen-bond donors (Lipinski definition) is 2. The van der Waals surface area contributed by atoms with E-state index >= 15 is 0 Å². The van der Waals surface area contributed by atoms with E-state index in [9.17, 15) is 0 Å². The van der Waals surface area contributed by atoms with Crippen molar-refractivity contribution < 1.29 is 26.9 Å². The van der Waals surface area contributed by atoms with E-state index in [-0.39, 0.29) is 17.1 Å². The monoisotopic (exact) mass is 226 g/mol. The smallest absolute Gasteiger partial charge is 0.242 e. The Labute approximate surface area is 74.1 Å². The minimum absolute atomic E-state index is 0. The van der Waals surface area contributed by atoms with Crippen LogP contribution >= 0.6 is 17.1 Å². The van der Waals surface area contributed by atoms with E-state index in [1.165, 1.54) is 0 Å². The van der Waals surface area contributed by atoms with Gasteiger partial charge in [0.25, 0.3) is 0 Å². The minimum atomic E-state index is -3.00. The molecule has 0 spiro atoms. The van der Waals surface area contributed by atoms with Gasteiger partial charge in [-0.1, -0.05) is 17.5 Å². The summed E-state index contributed by atoms with van der Waals surface area (Å²) in [6, 6.07) is 0. The molecule has 0 saturated heterocycles. The van der Waals surface area contributed by atoms with Gasteiger partial charge in [0.15, 0.2) is 0 Å². The normalized spacial score (nSPS) is 10.0. The van der Waals surface area contributed by atoms with Crippen LogP contribution in [0.15, 0.2) is 12.7 Å². The SMILES string of the molecule is C=CCSP(O)(O)=S.[Fe]. The average molecular weight is 226 g/mol. The van der Waals surface area contributed by atoms with E-state index in [1.807, 2.05) is 0 Å². The van der Waals surface area contributed by atoms with Gasteiger partial charge >= 0.3 is 0 Å². The molecule has 0 bridgehead atoms. The number of rotatable bonds is 3. The zero-order valence-corrected chi connectivity index (χ0v) is 8.13. The van der Waals surface area contributed by atoms with Crippen LogP contribution in [0.5, 0.6) is 0 Å². The molecule has 0 unspecified atom stereocenters. The van der Waals surface area contributed by atoms with Crippen molar-refractivity contribution in [2.24, 2.45) is 0 Å². The molecule has 2 N–H and O–H groups in total. The van der Waals surface area contributed by atoms with Crippen LogP contribution in [-0.4, -0.2) is 15.5 Å². The molecule has 9 heavy (non-hydrogen) atoms. The quantitative estimate of drug-likeness (QED) is 0.429. The van der Waals surface area contributed by atoms with Crippen molar-refractivity contribution in [3.63, 3.8) is 0 Å². The molecule has 0 aromatic carbocycles. The Morgan fingerprint density at radius 2 is 2.11 bits per heavy atom. The van der Waals surface area contributed by atoms with Crippen LogP contribution in [0.3, 0.4) is 0 Å². The van der Waals surface area contributed by atoms with Crippen LogP contribution in [0.25, 0.3) is 0 Å². The van der Waals surface area contributed by atoms with E-state index in [4.69, 9.17) is 9.79 Å². The van der Waals surface area contributed by atoms with E-state index in [2.05, 4.69) is 18.4 Å². The first-order valence-corrected chi connectivity index (χ1v) is 6.17. The van der Waals surface area contributed by atoms with E-state index in [0.29, 0.717) is 5.75 Å². The first-order chi connectivity index (χ1) is 3.56. The number of hydrogen-bond acceptors (Lipinski definition) is 2. The third-order valence-corrected chi connectivity index (χ3v) is 3.49. The molecule has 0 aliphatic carbocycles. The molecule has 0 aliphatic rings. The molecule has 0 atom stereocenters. The molecule has 0 fully saturated rings. The topological polar surface area (TPSA) is 40.5 Å². The van der Waals surface area contributed by atoms with Crippen molar-refractivity contribution >= 4 is 28.9 Å². The summed E-state index contributed by atoms with van der Waals surface area (Å²) in [5.41, 5.74) is -3.00. The summed E-state index contributed by atoms with van der Waals surface area (Å²) < 4.78 is 0. The second kappa shape index (κ2) is 5.93. The Morgan fingerprint density at radius 1 is 1.67 bits per heavy atom. The standard InChI is InChI=1S/C3H7O2PS2.Fe/c1-2-3-8-6(4,5)7;/h2H,1,3H2,(H2,4,5,7);. The second-order valence-corrected chi connectivity index (χ2v) is 7.17. The maximum absolute atomic E-state index is 8.55. The third kappa shape index (κ3) is 12.4. The van der Waals surface area contributed by atoms with E-state index < -0.39 is 5.69 Å². The molecule has 0 saturated carbocycles. The molecule has 2 nitrogen and oxygen atoms in total. The van der Waals surface area contributed by atoms with Crippen molar-refractivity contribution in [3.8, 4) is 0 Å². The molecular formula is C3H7FeO2PS2. The van der Waals surface area contributed by atoms with Crippen LogP contribution in [-0.2, 0) is 28.9 Å². The van der Waals surface area contributed by atoms with E-state index in [0.717, 1.165) is 11.4 Å². The minimum Gasteiger partial charge on any atom is -0.338 e. The summed E-state index contributed by atoms with van der Waals surface area (Å²) in [5, 5.41) is 0. The molecule has 0 heterocycles. The largest absolute Gasteiger partial charge is 0.338 e. The van der Waals surface area contributed by atoms with Gasteiger partial charge < -0.3 is 9.79 Å². The Morgan fingerprint density at radius 3 is 2.22 bits per heavy atom. The maximum atomic E-state index is 8.55. The summed E-state index contributed by atoms with van der Waals surface area (Å²) in [4.78, 5) is 17.1. The van der Waals surface area contributed by atoms with Gasteiger partial charge in [0, 0.05) is 22.8 Å². The van der Waals surface area contributed by atoms with Crippen LogP contribution < -0.4 is 0 Å². The van der Waals surface area contributed by atoms with Crippen LogP contribution in [0.2, 0.25) is 0 Å². The van der Waals surface area contributed by atoms with Crippen molar-refractivity contribution in [1.29, 1.82) is 0 Å². The summed E-state index contributed by atoms with van der Waals surface area (Å²) >= 11 is 5.24. The summed E-state index contributed by atoms with van der Waals surface area (Å²) in [6.45, 7) is 3.39. The van der Waals surface area contributed by atoms with Gasteiger partial charge in [0.2, 0.25) is 5.69 Å². The fourth-order valence-corrected chi connectivity index (χ4v) is 1.90. The first kappa shape index (κ1) is 12.8. The summed E-state index contributed by atoms with van der Waals surface area (Å²) in [6.07, 6.45) is 1.58. The molecule has 0 radical (unpaired) electrons. The predicted molar refractivity (Wildman–Crippen MR) is 41.4 cm³/mol.